The summed E-state index contributed by atoms with van der Waals surface area (Å²) in [6, 6.07) is 4.26. The van der Waals surface area contributed by atoms with Gasteiger partial charge in [-0.3, -0.25) is 14.4 Å². The highest BCUT2D eigenvalue weighted by molar-refractivity contribution is 5.69. The van der Waals surface area contributed by atoms with Gasteiger partial charge in [0.2, 0.25) is 0 Å². The zero-order chi connectivity index (χ0) is 43.2. The number of esters is 1. The number of ether oxygens (including phenoxy) is 3. The second-order valence-electron chi connectivity index (χ2n) is 16.8. The van der Waals surface area contributed by atoms with Gasteiger partial charge in [0, 0.05) is 31.4 Å². The van der Waals surface area contributed by atoms with Crippen LogP contribution in [0.5, 0.6) is 11.5 Å². The second kappa shape index (κ2) is 37.7. The molecule has 1 aromatic carbocycles. The van der Waals surface area contributed by atoms with Crippen LogP contribution in [0.3, 0.4) is 0 Å². The first-order valence-corrected chi connectivity index (χ1v) is 23.5. The van der Waals surface area contributed by atoms with E-state index in [1.807, 2.05) is 0 Å². The standard InChI is InChI=1S/C50H85NO8/c1-5-6-7-8-9-10-11-12-13-14-15-16-17-18-23-28-37-57-46-40-45(42-51(3)4)41-47(43(46)2)58-38-29-30-39-59-50(56)36-35-44(31-24-19-21-26-33-48(52)53)32-25-20-22-27-34-49(54)55/h9-10,12-13,40-41,44H,5-8,11,14-39,42H2,1-4H3,(H,52,53)(H,54,55)/b10-9-,13-12-. The van der Waals surface area contributed by atoms with E-state index < -0.39 is 11.9 Å². The minimum atomic E-state index is -0.745. The van der Waals surface area contributed by atoms with Gasteiger partial charge in [-0.1, -0.05) is 121 Å². The largest absolute Gasteiger partial charge is 0.493 e. The van der Waals surface area contributed by atoms with Gasteiger partial charge < -0.3 is 29.3 Å². The van der Waals surface area contributed by atoms with Crippen molar-refractivity contribution in [2.45, 2.75) is 200 Å². The van der Waals surface area contributed by atoms with Crippen LogP contribution in [-0.4, -0.2) is 66.9 Å². The van der Waals surface area contributed by atoms with Crippen LogP contribution in [0.2, 0.25) is 0 Å². The monoisotopic (exact) mass is 828 g/mol. The van der Waals surface area contributed by atoms with Gasteiger partial charge in [0.25, 0.3) is 0 Å². The molecule has 59 heavy (non-hydrogen) atoms. The molecule has 0 amide bonds. The molecular weight excluding hydrogens is 743 g/mol. The lowest BCUT2D eigenvalue weighted by Crippen LogP contribution is -2.12. The summed E-state index contributed by atoms with van der Waals surface area (Å²) in [5, 5.41) is 17.7. The molecule has 338 valence electrons. The number of carbonyl (C=O) groups is 3. The minimum absolute atomic E-state index is 0.160. The lowest BCUT2D eigenvalue weighted by molar-refractivity contribution is -0.144. The Labute approximate surface area is 359 Å². The van der Waals surface area contributed by atoms with E-state index >= 15 is 0 Å². The number of hydrogen-bond acceptors (Lipinski definition) is 7. The molecule has 0 unspecified atom stereocenters. The third-order valence-electron chi connectivity index (χ3n) is 10.8. The number of unbranched alkanes of at least 4 members (excludes halogenated alkanes) is 16. The average molecular weight is 828 g/mol. The normalized spacial score (nSPS) is 11.7. The molecular formula is C50H85NO8. The van der Waals surface area contributed by atoms with Crippen molar-refractivity contribution in [2.75, 3.05) is 33.9 Å². The van der Waals surface area contributed by atoms with E-state index in [-0.39, 0.29) is 18.8 Å². The Morgan fingerprint density at radius 2 is 1.07 bits per heavy atom. The number of allylic oxidation sites excluding steroid dienone is 4. The second-order valence-corrected chi connectivity index (χ2v) is 16.8. The topological polar surface area (TPSA) is 123 Å². The number of aliphatic carboxylic acids is 2. The molecule has 9 nitrogen and oxygen atoms in total. The number of carboxylic acid groups (broad SMARTS) is 2. The molecule has 0 aliphatic carbocycles. The number of carbonyl (C=O) groups excluding carboxylic acids is 1. The Balaban J connectivity index is 2.38. The summed E-state index contributed by atoms with van der Waals surface area (Å²) in [5.74, 6) is 0.511. The Hall–Kier alpha value is -3.33. The lowest BCUT2D eigenvalue weighted by atomic mass is 9.90. The molecule has 1 rings (SSSR count). The summed E-state index contributed by atoms with van der Waals surface area (Å²) >= 11 is 0. The van der Waals surface area contributed by atoms with Crippen molar-refractivity contribution in [3.63, 3.8) is 0 Å². The Morgan fingerprint density at radius 1 is 0.593 bits per heavy atom. The number of carboxylic acids is 2. The minimum Gasteiger partial charge on any atom is -0.493 e. The molecule has 0 aromatic heterocycles. The van der Waals surface area contributed by atoms with E-state index in [0.717, 1.165) is 113 Å². The SMILES string of the molecule is CCCCC/C=C\C/C=C\CCCCCCCCOc1cc(CN(C)C)cc(OCCCCOC(=O)CCC(CCCCCCC(=O)O)CCCCCCC(=O)O)c1C. The molecule has 0 bridgehead atoms. The highest BCUT2D eigenvalue weighted by Gasteiger charge is 2.14. The van der Waals surface area contributed by atoms with Crippen LogP contribution in [0, 0.1) is 12.8 Å². The van der Waals surface area contributed by atoms with Crippen LogP contribution in [0.4, 0.5) is 0 Å². The van der Waals surface area contributed by atoms with Crippen molar-refractivity contribution >= 4 is 17.9 Å². The fourth-order valence-electron chi connectivity index (χ4n) is 7.27. The predicted molar refractivity (Wildman–Crippen MR) is 243 cm³/mol. The molecule has 0 fully saturated rings. The van der Waals surface area contributed by atoms with Crippen molar-refractivity contribution in [1.29, 1.82) is 0 Å². The average Bonchev–Trinajstić information content (AvgIpc) is 3.19. The summed E-state index contributed by atoms with van der Waals surface area (Å²) in [7, 11) is 4.13. The Bertz CT molecular complexity index is 1250. The van der Waals surface area contributed by atoms with E-state index in [9.17, 15) is 14.4 Å². The van der Waals surface area contributed by atoms with Crippen molar-refractivity contribution < 1.29 is 38.8 Å². The first kappa shape index (κ1) is 53.7. The molecule has 0 aliphatic heterocycles. The highest BCUT2D eigenvalue weighted by atomic mass is 16.5. The maximum Gasteiger partial charge on any atom is 0.305 e. The van der Waals surface area contributed by atoms with E-state index in [0.29, 0.717) is 45.0 Å². The molecule has 2 N–H and O–H groups in total. The molecule has 0 saturated carbocycles. The summed E-state index contributed by atoms with van der Waals surface area (Å²) in [4.78, 5) is 36.4. The molecule has 9 heteroatoms. The first-order chi connectivity index (χ1) is 28.6. The van der Waals surface area contributed by atoms with Crippen LogP contribution >= 0.6 is 0 Å². The van der Waals surface area contributed by atoms with Gasteiger partial charge in [0.1, 0.15) is 11.5 Å². The number of benzene rings is 1. The van der Waals surface area contributed by atoms with Gasteiger partial charge >= 0.3 is 17.9 Å². The van der Waals surface area contributed by atoms with Crippen LogP contribution in [-0.2, 0) is 25.7 Å². The Kier molecular flexibility index (Phi) is 34.3. The van der Waals surface area contributed by atoms with Crippen LogP contribution < -0.4 is 9.47 Å². The predicted octanol–water partition coefficient (Wildman–Crippen LogP) is 13.2. The summed E-state index contributed by atoms with van der Waals surface area (Å²) < 4.78 is 18.2. The van der Waals surface area contributed by atoms with Gasteiger partial charge in [0.05, 0.1) is 19.8 Å². The van der Waals surface area contributed by atoms with Crippen molar-refractivity contribution in [3.05, 3.63) is 47.6 Å². The highest BCUT2D eigenvalue weighted by Crippen LogP contribution is 2.31. The third kappa shape index (κ3) is 33.1. The maximum absolute atomic E-state index is 12.6. The van der Waals surface area contributed by atoms with Crippen molar-refractivity contribution in [2.24, 2.45) is 5.92 Å². The summed E-state index contributed by atoms with van der Waals surface area (Å²) in [6.07, 6.45) is 36.4. The van der Waals surface area contributed by atoms with E-state index in [4.69, 9.17) is 24.4 Å². The quantitative estimate of drug-likeness (QED) is 0.0377. The molecule has 1 aromatic rings. The number of hydrogen-bond donors (Lipinski definition) is 2. The van der Waals surface area contributed by atoms with E-state index in [2.05, 4.69) is 69.3 Å². The van der Waals surface area contributed by atoms with Gasteiger partial charge in [-0.05, 0) is 115 Å². The van der Waals surface area contributed by atoms with Gasteiger partial charge in [-0.2, -0.15) is 0 Å². The van der Waals surface area contributed by atoms with E-state index in [1.165, 1.54) is 64.2 Å². The van der Waals surface area contributed by atoms with Gasteiger partial charge in [-0.25, -0.2) is 0 Å². The molecule has 0 atom stereocenters. The van der Waals surface area contributed by atoms with Crippen LogP contribution in [0.1, 0.15) is 198 Å². The Morgan fingerprint density at radius 3 is 1.61 bits per heavy atom. The summed E-state index contributed by atoms with van der Waals surface area (Å²) in [6.45, 7) is 6.73. The van der Waals surface area contributed by atoms with Crippen LogP contribution in [0.15, 0.2) is 36.4 Å². The third-order valence-corrected chi connectivity index (χ3v) is 10.8. The van der Waals surface area contributed by atoms with E-state index in [1.54, 1.807) is 0 Å². The molecule has 0 heterocycles. The lowest BCUT2D eigenvalue weighted by Gasteiger charge is -2.18. The van der Waals surface area contributed by atoms with Gasteiger partial charge in [-0.15, -0.1) is 0 Å². The van der Waals surface area contributed by atoms with Gasteiger partial charge in [0.15, 0.2) is 0 Å². The summed E-state index contributed by atoms with van der Waals surface area (Å²) in [5.41, 5.74) is 2.18. The van der Waals surface area contributed by atoms with Crippen LogP contribution in [0.25, 0.3) is 0 Å². The fraction of sp³-hybridized carbons (Fsp3) is 0.740. The molecule has 0 aliphatic rings. The maximum atomic E-state index is 12.6. The number of rotatable bonds is 41. The van der Waals surface area contributed by atoms with Crippen molar-refractivity contribution in [3.8, 4) is 11.5 Å². The van der Waals surface area contributed by atoms with Crippen molar-refractivity contribution in [1.82, 2.24) is 4.90 Å². The first-order valence-electron chi connectivity index (χ1n) is 23.5. The smallest absolute Gasteiger partial charge is 0.305 e. The molecule has 0 saturated heterocycles. The fourth-order valence-corrected chi connectivity index (χ4v) is 7.27. The zero-order valence-electron chi connectivity index (χ0n) is 38.0. The molecule has 0 radical (unpaired) electrons. The molecule has 0 spiro atoms. The number of nitrogens with zero attached hydrogens (tertiary/aromatic N) is 1. The zero-order valence-corrected chi connectivity index (χ0v) is 38.0.